The van der Waals surface area contributed by atoms with Crippen molar-refractivity contribution in [3.05, 3.63) is 23.9 Å². The molecule has 2 N–H and O–H groups in total. The summed E-state index contributed by atoms with van der Waals surface area (Å²) in [7, 11) is 0. The van der Waals surface area contributed by atoms with Gasteiger partial charge in [0.1, 0.15) is 5.82 Å². The van der Waals surface area contributed by atoms with E-state index in [-0.39, 0.29) is 17.9 Å². The first kappa shape index (κ1) is 12.3. The maximum atomic E-state index is 9.15. The number of pyridine rings is 1. The molecule has 1 rings (SSSR count). The third-order valence-corrected chi connectivity index (χ3v) is 3.49. The van der Waals surface area contributed by atoms with Crippen LogP contribution in [0.25, 0.3) is 0 Å². The van der Waals surface area contributed by atoms with Gasteiger partial charge in [-0.05, 0) is 37.8 Å². The number of thioether (sulfide) groups is 1. The highest BCUT2D eigenvalue weighted by atomic mass is 32.2. The summed E-state index contributed by atoms with van der Waals surface area (Å²) in [5.41, 5.74) is 1.18. The third-order valence-electron chi connectivity index (χ3n) is 2.33. The molecule has 1 aromatic heterocycles. The Balaban J connectivity index is 2.61. The number of nitrogens with one attached hydrogen (secondary N) is 1. The Labute approximate surface area is 95.3 Å². The van der Waals surface area contributed by atoms with E-state index in [9.17, 15) is 0 Å². The van der Waals surface area contributed by atoms with Crippen molar-refractivity contribution >= 4 is 17.6 Å². The third kappa shape index (κ3) is 3.72. The first-order valence-electron chi connectivity index (χ1n) is 5.00. The van der Waals surface area contributed by atoms with Gasteiger partial charge in [-0.15, -0.1) is 0 Å². The minimum absolute atomic E-state index is 0.182. The normalized spacial score (nSPS) is 14.7. The fourth-order valence-corrected chi connectivity index (χ4v) is 2.00. The second kappa shape index (κ2) is 5.98. The van der Waals surface area contributed by atoms with Crippen LogP contribution in [-0.2, 0) is 0 Å². The van der Waals surface area contributed by atoms with Crippen LogP contribution in [0, 0.1) is 6.92 Å². The summed E-state index contributed by atoms with van der Waals surface area (Å²) >= 11 is 1.66. The highest BCUT2D eigenvalue weighted by molar-refractivity contribution is 7.99. The van der Waals surface area contributed by atoms with Crippen molar-refractivity contribution in [1.82, 2.24) is 4.98 Å². The molecular weight excluding hydrogens is 208 g/mol. The van der Waals surface area contributed by atoms with Crippen LogP contribution in [-0.4, -0.2) is 34.2 Å². The molecule has 1 aromatic rings. The van der Waals surface area contributed by atoms with E-state index in [0.29, 0.717) is 0 Å². The predicted molar refractivity (Wildman–Crippen MR) is 66.4 cm³/mol. The minimum Gasteiger partial charge on any atom is -0.395 e. The molecule has 0 bridgehead atoms. The van der Waals surface area contributed by atoms with Gasteiger partial charge in [0.05, 0.1) is 6.61 Å². The Bertz CT molecular complexity index is 302. The molecule has 0 aliphatic carbocycles. The number of aryl methyl sites for hydroxylation is 1. The van der Waals surface area contributed by atoms with E-state index in [2.05, 4.69) is 17.2 Å². The van der Waals surface area contributed by atoms with Gasteiger partial charge in [-0.25, -0.2) is 4.98 Å². The summed E-state index contributed by atoms with van der Waals surface area (Å²) in [5, 5.41) is 12.6. The van der Waals surface area contributed by atoms with Crippen molar-refractivity contribution in [3.8, 4) is 0 Å². The van der Waals surface area contributed by atoms with Gasteiger partial charge in [0.2, 0.25) is 0 Å². The Hall–Kier alpha value is -0.740. The zero-order valence-electron chi connectivity index (χ0n) is 9.40. The van der Waals surface area contributed by atoms with Gasteiger partial charge >= 0.3 is 0 Å². The van der Waals surface area contributed by atoms with E-state index in [0.717, 1.165) is 5.82 Å². The Morgan fingerprint density at radius 1 is 1.60 bits per heavy atom. The molecule has 0 aliphatic rings. The largest absolute Gasteiger partial charge is 0.395 e. The lowest BCUT2D eigenvalue weighted by Gasteiger charge is -2.21. The SMILES string of the molecule is CSC(CO)C(C)Nc1cc(C)ccn1. The monoisotopic (exact) mass is 226 g/mol. The van der Waals surface area contributed by atoms with E-state index in [1.165, 1.54) is 5.56 Å². The molecule has 0 saturated carbocycles. The lowest BCUT2D eigenvalue weighted by Crippen LogP contribution is -2.31. The van der Waals surface area contributed by atoms with Crippen molar-refractivity contribution in [2.75, 3.05) is 18.2 Å². The lowest BCUT2D eigenvalue weighted by molar-refractivity contribution is 0.288. The second-order valence-electron chi connectivity index (χ2n) is 3.61. The molecule has 0 radical (unpaired) electrons. The molecule has 2 unspecified atom stereocenters. The zero-order chi connectivity index (χ0) is 11.3. The molecule has 0 fully saturated rings. The summed E-state index contributed by atoms with van der Waals surface area (Å²) in [6.45, 7) is 4.28. The van der Waals surface area contributed by atoms with E-state index in [4.69, 9.17) is 5.11 Å². The molecule has 0 saturated heterocycles. The van der Waals surface area contributed by atoms with Crippen molar-refractivity contribution in [3.63, 3.8) is 0 Å². The van der Waals surface area contributed by atoms with Gasteiger partial charge in [0.25, 0.3) is 0 Å². The second-order valence-corrected chi connectivity index (χ2v) is 4.69. The first-order valence-corrected chi connectivity index (χ1v) is 6.29. The maximum Gasteiger partial charge on any atom is 0.126 e. The van der Waals surface area contributed by atoms with Crippen LogP contribution in [0.15, 0.2) is 18.3 Å². The van der Waals surface area contributed by atoms with Gasteiger partial charge in [-0.2, -0.15) is 11.8 Å². The number of rotatable bonds is 5. The average Bonchev–Trinajstić information content (AvgIpc) is 2.19. The van der Waals surface area contributed by atoms with Crippen molar-refractivity contribution < 1.29 is 5.11 Å². The number of nitrogens with zero attached hydrogens (tertiary/aromatic N) is 1. The number of aromatic nitrogens is 1. The molecule has 3 nitrogen and oxygen atoms in total. The summed E-state index contributed by atoms with van der Waals surface area (Å²) in [4.78, 5) is 4.23. The number of hydrogen-bond donors (Lipinski definition) is 2. The topological polar surface area (TPSA) is 45.1 Å². The minimum atomic E-state index is 0.182. The Morgan fingerprint density at radius 3 is 2.87 bits per heavy atom. The number of aliphatic hydroxyl groups is 1. The van der Waals surface area contributed by atoms with Gasteiger partial charge in [-0.3, -0.25) is 0 Å². The summed E-state index contributed by atoms with van der Waals surface area (Å²) in [6.07, 6.45) is 3.79. The quantitative estimate of drug-likeness (QED) is 0.805. The van der Waals surface area contributed by atoms with Crippen LogP contribution in [0.3, 0.4) is 0 Å². The van der Waals surface area contributed by atoms with E-state index < -0.39 is 0 Å². The molecule has 0 aliphatic heterocycles. The lowest BCUT2D eigenvalue weighted by atomic mass is 10.2. The van der Waals surface area contributed by atoms with Crippen LogP contribution in [0.2, 0.25) is 0 Å². The smallest absolute Gasteiger partial charge is 0.126 e. The summed E-state index contributed by atoms with van der Waals surface area (Å²) in [6, 6.07) is 4.18. The number of hydrogen-bond acceptors (Lipinski definition) is 4. The van der Waals surface area contributed by atoms with Crippen molar-refractivity contribution in [1.29, 1.82) is 0 Å². The van der Waals surface area contributed by atoms with Crippen LogP contribution in [0.5, 0.6) is 0 Å². The zero-order valence-corrected chi connectivity index (χ0v) is 10.2. The highest BCUT2D eigenvalue weighted by Gasteiger charge is 2.14. The molecule has 4 heteroatoms. The van der Waals surface area contributed by atoms with Crippen LogP contribution < -0.4 is 5.32 Å². The maximum absolute atomic E-state index is 9.15. The fraction of sp³-hybridized carbons (Fsp3) is 0.545. The molecule has 1 heterocycles. The average molecular weight is 226 g/mol. The molecule has 0 spiro atoms. The molecule has 84 valence electrons. The van der Waals surface area contributed by atoms with E-state index in [1.807, 2.05) is 25.3 Å². The Morgan fingerprint density at radius 2 is 2.33 bits per heavy atom. The molecular formula is C11H18N2OS. The van der Waals surface area contributed by atoms with Crippen molar-refractivity contribution in [2.24, 2.45) is 0 Å². The van der Waals surface area contributed by atoms with Gasteiger partial charge in [0.15, 0.2) is 0 Å². The van der Waals surface area contributed by atoms with Crippen LogP contribution >= 0.6 is 11.8 Å². The van der Waals surface area contributed by atoms with E-state index in [1.54, 1.807) is 18.0 Å². The number of anilines is 1. The molecule has 0 amide bonds. The first-order chi connectivity index (χ1) is 7.17. The summed E-state index contributed by atoms with van der Waals surface area (Å²) < 4.78 is 0. The molecule has 0 aromatic carbocycles. The molecule has 2 atom stereocenters. The highest BCUT2D eigenvalue weighted by Crippen LogP contribution is 2.15. The van der Waals surface area contributed by atoms with Crippen LogP contribution in [0.4, 0.5) is 5.82 Å². The number of aliphatic hydroxyl groups excluding tert-OH is 1. The fourth-order valence-electron chi connectivity index (χ4n) is 1.38. The van der Waals surface area contributed by atoms with Gasteiger partial charge in [0, 0.05) is 17.5 Å². The standard InChI is InChI=1S/C11H18N2OS/c1-8-4-5-12-11(6-8)13-9(2)10(7-14)15-3/h4-6,9-10,14H,7H2,1-3H3,(H,12,13). The van der Waals surface area contributed by atoms with E-state index >= 15 is 0 Å². The van der Waals surface area contributed by atoms with Crippen molar-refractivity contribution in [2.45, 2.75) is 25.1 Å². The summed E-state index contributed by atoms with van der Waals surface area (Å²) in [5.74, 6) is 0.870. The van der Waals surface area contributed by atoms with Gasteiger partial charge in [-0.1, -0.05) is 0 Å². The van der Waals surface area contributed by atoms with Gasteiger partial charge < -0.3 is 10.4 Å². The predicted octanol–water partition coefficient (Wildman–Crippen LogP) is 1.91. The molecule has 15 heavy (non-hydrogen) atoms. The van der Waals surface area contributed by atoms with Crippen LogP contribution in [0.1, 0.15) is 12.5 Å². The Kier molecular flexibility index (Phi) is 4.91.